The van der Waals surface area contributed by atoms with Gasteiger partial charge in [0.15, 0.2) is 5.78 Å². The van der Waals surface area contributed by atoms with Crippen molar-refractivity contribution in [3.8, 4) is 0 Å². The number of likely N-dealkylation sites (tertiary alicyclic amines) is 1. The molecule has 1 aliphatic carbocycles. The molecule has 2 aliphatic rings. The van der Waals surface area contributed by atoms with Gasteiger partial charge in [-0.05, 0) is 13.5 Å². The van der Waals surface area contributed by atoms with Crippen molar-refractivity contribution in [2.45, 2.75) is 37.5 Å². The van der Waals surface area contributed by atoms with Crippen LogP contribution in [-0.4, -0.2) is 40.5 Å². The number of nitrogens with zero attached hydrogens (tertiary/aromatic N) is 1. The first-order chi connectivity index (χ1) is 5.14. The monoisotopic (exact) mass is 155 g/mol. The highest BCUT2D eigenvalue weighted by molar-refractivity contribution is 5.93. The zero-order chi connectivity index (χ0) is 8.22. The second-order valence-corrected chi connectivity index (χ2v) is 3.54. The molecule has 2 fully saturated rings. The first kappa shape index (κ1) is 7.25. The lowest BCUT2D eigenvalue weighted by atomic mass is 10.0. The summed E-state index contributed by atoms with van der Waals surface area (Å²) < 4.78 is 0. The molecule has 3 heteroatoms. The van der Waals surface area contributed by atoms with Crippen LogP contribution in [0.1, 0.15) is 19.8 Å². The Morgan fingerprint density at radius 1 is 1.82 bits per heavy atom. The average Bonchev–Trinajstić information content (AvgIpc) is 2.46. The van der Waals surface area contributed by atoms with Gasteiger partial charge in [-0.1, -0.05) is 6.92 Å². The molecule has 2 rings (SSSR count). The molecule has 0 aromatic rings. The van der Waals surface area contributed by atoms with Crippen LogP contribution >= 0.6 is 0 Å². The fraction of sp³-hybridized carbons (Fsp3) is 0.875. The standard InChI is InChI=1S/C8H13NO2/c1-3-8-6(11)4-5(10)7(8)9(8)2/h6-7,11H,3-4H2,1-2H3/t6-,7+,8-,9?/m0/s1. The van der Waals surface area contributed by atoms with Crippen molar-refractivity contribution in [1.29, 1.82) is 0 Å². The van der Waals surface area contributed by atoms with E-state index in [-0.39, 0.29) is 17.4 Å². The highest BCUT2D eigenvalue weighted by Gasteiger charge is 2.71. The molecule has 62 valence electrons. The van der Waals surface area contributed by atoms with Crippen molar-refractivity contribution in [3.05, 3.63) is 0 Å². The third-order valence-corrected chi connectivity index (χ3v) is 3.29. The summed E-state index contributed by atoms with van der Waals surface area (Å²) in [6.07, 6.45) is 0.819. The molecule has 11 heavy (non-hydrogen) atoms. The normalized spacial score (nSPS) is 54.5. The van der Waals surface area contributed by atoms with Crippen LogP contribution in [0.3, 0.4) is 0 Å². The number of Topliss-reactive ketones (excluding diaryl/α,β-unsaturated/α-hetero) is 1. The minimum absolute atomic E-state index is 0.0301. The van der Waals surface area contributed by atoms with Crippen LogP contribution in [0.4, 0.5) is 0 Å². The Morgan fingerprint density at radius 3 is 2.73 bits per heavy atom. The lowest BCUT2D eigenvalue weighted by Crippen LogP contribution is -2.30. The summed E-state index contributed by atoms with van der Waals surface area (Å²) in [5.74, 6) is 0.210. The second kappa shape index (κ2) is 1.84. The summed E-state index contributed by atoms with van der Waals surface area (Å²) in [7, 11) is 1.91. The molecule has 1 saturated carbocycles. The molecule has 0 spiro atoms. The van der Waals surface area contributed by atoms with Crippen molar-refractivity contribution in [2.24, 2.45) is 0 Å². The van der Waals surface area contributed by atoms with Gasteiger partial charge in [0.25, 0.3) is 0 Å². The number of ketones is 1. The number of likely N-dealkylation sites (N-methyl/N-ethyl adjacent to an activating group) is 1. The molecule has 1 N–H and O–H groups in total. The molecular formula is C8H13NO2. The van der Waals surface area contributed by atoms with Gasteiger partial charge in [-0.25, -0.2) is 0 Å². The summed E-state index contributed by atoms with van der Waals surface area (Å²) in [6.45, 7) is 2.03. The van der Waals surface area contributed by atoms with Gasteiger partial charge in [-0.15, -0.1) is 0 Å². The van der Waals surface area contributed by atoms with Crippen LogP contribution in [0, 0.1) is 0 Å². The molecule has 0 bridgehead atoms. The van der Waals surface area contributed by atoms with E-state index in [0.29, 0.717) is 6.42 Å². The van der Waals surface area contributed by atoms with Gasteiger partial charge in [-0.3, -0.25) is 9.69 Å². The highest BCUT2D eigenvalue weighted by atomic mass is 16.3. The quantitative estimate of drug-likeness (QED) is 0.532. The maximum Gasteiger partial charge on any atom is 0.154 e. The Kier molecular flexibility index (Phi) is 1.22. The van der Waals surface area contributed by atoms with Crippen LogP contribution in [0.5, 0.6) is 0 Å². The molecule has 0 aromatic carbocycles. The molecule has 1 unspecified atom stereocenters. The van der Waals surface area contributed by atoms with Gasteiger partial charge < -0.3 is 5.11 Å². The van der Waals surface area contributed by atoms with Gasteiger partial charge in [0.2, 0.25) is 0 Å². The number of hydrogen-bond donors (Lipinski definition) is 1. The van der Waals surface area contributed by atoms with Gasteiger partial charge in [0.1, 0.15) is 0 Å². The predicted octanol–water partition coefficient (Wildman–Crippen LogP) is -0.217. The summed E-state index contributed by atoms with van der Waals surface area (Å²) in [4.78, 5) is 13.2. The van der Waals surface area contributed by atoms with Gasteiger partial charge >= 0.3 is 0 Å². The molecule has 1 aliphatic heterocycles. The minimum atomic E-state index is -0.421. The van der Waals surface area contributed by atoms with Gasteiger partial charge in [-0.2, -0.15) is 0 Å². The third kappa shape index (κ3) is 0.590. The Labute approximate surface area is 66.0 Å². The van der Waals surface area contributed by atoms with Gasteiger partial charge in [0, 0.05) is 6.42 Å². The van der Waals surface area contributed by atoms with E-state index in [0.717, 1.165) is 6.42 Å². The highest BCUT2D eigenvalue weighted by Crippen LogP contribution is 2.51. The SMILES string of the molecule is CC[C@]12[C@@H](O)CC(=O)[C@H]1N2C. The summed E-state index contributed by atoms with van der Waals surface area (Å²) in [6, 6.07) is 0.0301. The van der Waals surface area contributed by atoms with Crippen LogP contribution in [-0.2, 0) is 4.79 Å². The maximum absolute atomic E-state index is 11.2. The molecule has 1 heterocycles. The fourth-order valence-corrected chi connectivity index (χ4v) is 2.56. The average molecular weight is 155 g/mol. The van der Waals surface area contributed by atoms with E-state index in [9.17, 15) is 9.90 Å². The Bertz CT molecular complexity index is 216. The van der Waals surface area contributed by atoms with Crippen LogP contribution in [0.15, 0.2) is 0 Å². The van der Waals surface area contributed by atoms with E-state index in [4.69, 9.17) is 0 Å². The largest absolute Gasteiger partial charge is 0.391 e. The van der Waals surface area contributed by atoms with E-state index < -0.39 is 6.10 Å². The van der Waals surface area contributed by atoms with Crippen molar-refractivity contribution in [1.82, 2.24) is 4.90 Å². The number of carbonyl (C=O) groups excluding carboxylic acids is 1. The molecule has 0 radical (unpaired) electrons. The lowest BCUT2D eigenvalue weighted by molar-refractivity contribution is -0.119. The number of hydrogen-bond acceptors (Lipinski definition) is 3. The lowest BCUT2D eigenvalue weighted by Gasteiger charge is -2.16. The van der Waals surface area contributed by atoms with Crippen LogP contribution < -0.4 is 0 Å². The predicted molar refractivity (Wildman–Crippen MR) is 40.2 cm³/mol. The maximum atomic E-state index is 11.2. The number of fused-ring (bicyclic) bond motifs is 1. The fourth-order valence-electron chi connectivity index (χ4n) is 2.56. The zero-order valence-electron chi connectivity index (χ0n) is 6.87. The molecule has 0 aromatic heterocycles. The second-order valence-electron chi connectivity index (χ2n) is 3.54. The van der Waals surface area contributed by atoms with Gasteiger partial charge in [0.05, 0.1) is 17.7 Å². The minimum Gasteiger partial charge on any atom is -0.391 e. The van der Waals surface area contributed by atoms with Crippen molar-refractivity contribution < 1.29 is 9.90 Å². The number of aliphatic hydroxyl groups is 1. The van der Waals surface area contributed by atoms with E-state index in [1.165, 1.54) is 0 Å². The molecule has 4 atom stereocenters. The number of aliphatic hydroxyl groups excluding tert-OH is 1. The first-order valence-corrected chi connectivity index (χ1v) is 4.08. The third-order valence-electron chi connectivity index (χ3n) is 3.29. The van der Waals surface area contributed by atoms with E-state index in [2.05, 4.69) is 0 Å². The van der Waals surface area contributed by atoms with Crippen molar-refractivity contribution in [2.75, 3.05) is 7.05 Å². The topological polar surface area (TPSA) is 40.3 Å². The number of rotatable bonds is 1. The molecule has 1 saturated heterocycles. The molecular weight excluding hydrogens is 142 g/mol. The Balaban J connectivity index is 2.29. The molecule has 3 nitrogen and oxygen atoms in total. The number of piperidine rings is 1. The van der Waals surface area contributed by atoms with Crippen molar-refractivity contribution >= 4 is 5.78 Å². The van der Waals surface area contributed by atoms with E-state index in [1.54, 1.807) is 0 Å². The van der Waals surface area contributed by atoms with Crippen molar-refractivity contribution in [3.63, 3.8) is 0 Å². The van der Waals surface area contributed by atoms with E-state index >= 15 is 0 Å². The summed E-state index contributed by atoms with van der Waals surface area (Å²) in [5, 5.41) is 9.57. The van der Waals surface area contributed by atoms with Crippen LogP contribution in [0.2, 0.25) is 0 Å². The summed E-state index contributed by atoms with van der Waals surface area (Å²) in [5.41, 5.74) is -0.170. The Morgan fingerprint density at radius 2 is 2.45 bits per heavy atom. The number of carbonyl (C=O) groups is 1. The first-order valence-electron chi connectivity index (χ1n) is 4.08. The Hall–Kier alpha value is -0.410. The molecule has 0 amide bonds. The van der Waals surface area contributed by atoms with E-state index in [1.807, 2.05) is 18.9 Å². The smallest absolute Gasteiger partial charge is 0.154 e. The zero-order valence-corrected chi connectivity index (χ0v) is 6.87. The van der Waals surface area contributed by atoms with Crippen LogP contribution in [0.25, 0.3) is 0 Å². The summed E-state index contributed by atoms with van der Waals surface area (Å²) >= 11 is 0.